The molecule has 0 unspecified atom stereocenters. The van der Waals surface area contributed by atoms with E-state index in [9.17, 15) is 9.59 Å². The summed E-state index contributed by atoms with van der Waals surface area (Å²) in [6.45, 7) is 1.87. The Kier molecular flexibility index (Phi) is 4.72. The topological polar surface area (TPSA) is 104 Å². The van der Waals surface area contributed by atoms with Crippen molar-refractivity contribution in [1.29, 1.82) is 0 Å². The van der Waals surface area contributed by atoms with Crippen LogP contribution < -0.4 is 20.8 Å². The van der Waals surface area contributed by atoms with Gasteiger partial charge in [0.05, 0.1) is 30.7 Å². The third-order valence-corrected chi connectivity index (χ3v) is 4.89. The molecule has 148 valence electrons. The van der Waals surface area contributed by atoms with E-state index in [1.807, 2.05) is 24.3 Å². The Labute approximate surface area is 166 Å². The molecule has 1 aromatic heterocycles. The van der Waals surface area contributed by atoms with E-state index < -0.39 is 11.9 Å². The molecular weight excluding hydrogens is 372 g/mol. The molecule has 7 heteroatoms. The fourth-order valence-corrected chi connectivity index (χ4v) is 3.63. The monoisotopic (exact) mass is 392 g/mol. The SMILES string of the molecule is CCOC(=O)C1=C(N)Oc2c(c(=O)[nH]c3ccccc23)[C@H]1c1cccc(OC)c1. The first-order valence-electron chi connectivity index (χ1n) is 9.18. The maximum absolute atomic E-state index is 13.1. The van der Waals surface area contributed by atoms with E-state index in [2.05, 4.69) is 4.98 Å². The maximum Gasteiger partial charge on any atom is 0.340 e. The number of nitrogens with one attached hydrogen (secondary N) is 1. The van der Waals surface area contributed by atoms with Gasteiger partial charge >= 0.3 is 5.97 Å². The average Bonchev–Trinajstić information content (AvgIpc) is 2.73. The highest BCUT2D eigenvalue weighted by Crippen LogP contribution is 2.44. The van der Waals surface area contributed by atoms with Crippen molar-refractivity contribution in [2.75, 3.05) is 13.7 Å². The Morgan fingerprint density at radius 1 is 1.21 bits per heavy atom. The first-order valence-corrected chi connectivity index (χ1v) is 9.18. The Balaban J connectivity index is 2.04. The number of benzene rings is 2. The van der Waals surface area contributed by atoms with Crippen LogP contribution in [0.4, 0.5) is 0 Å². The van der Waals surface area contributed by atoms with E-state index in [4.69, 9.17) is 19.9 Å². The number of ether oxygens (including phenoxy) is 3. The molecule has 4 rings (SSSR count). The summed E-state index contributed by atoms with van der Waals surface area (Å²) in [6, 6.07) is 14.4. The number of carbonyl (C=O) groups excluding carboxylic acids is 1. The third kappa shape index (κ3) is 3.10. The summed E-state index contributed by atoms with van der Waals surface area (Å²) in [5.41, 5.74) is 7.49. The fraction of sp³-hybridized carbons (Fsp3) is 0.182. The second-order valence-corrected chi connectivity index (χ2v) is 6.55. The summed E-state index contributed by atoms with van der Waals surface area (Å²) in [7, 11) is 1.55. The van der Waals surface area contributed by atoms with Crippen LogP contribution in [0.15, 0.2) is 64.8 Å². The van der Waals surface area contributed by atoms with E-state index in [-0.39, 0.29) is 23.6 Å². The highest BCUT2D eigenvalue weighted by Gasteiger charge is 2.38. The predicted molar refractivity (Wildman–Crippen MR) is 108 cm³/mol. The first-order chi connectivity index (χ1) is 14.0. The lowest BCUT2D eigenvalue weighted by Gasteiger charge is -2.28. The second-order valence-electron chi connectivity index (χ2n) is 6.55. The van der Waals surface area contributed by atoms with Gasteiger partial charge in [-0.25, -0.2) is 4.79 Å². The predicted octanol–water partition coefficient (Wildman–Crippen LogP) is 2.79. The van der Waals surface area contributed by atoms with Gasteiger partial charge in [0, 0.05) is 5.39 Å². The maximum atomic E-state index is 13.1. The number of rotatable bonds is 4. The van der Waals surface area contributed by atoms with Crippen LogP contribution >= 0.6 is 0 Å². The number of hydrogen-bond donors (Lipinski definition) is 2. The molecule has 0 bridgehead atoms. The van der Waals surface area contributed by atoms with Gasteiger partial charge in [0.2, 0.25) is 5.88 Å². The number of H-pyrrole nitrogens is 1. The quantitative estimate of drug-likeness (QED) is 0.662. The van der Waals surface area contributed by atoms with Crippen LogP contribution in [-0.4, -0.2) is 24.7 Å². The summed E-state index contributed by atoms with van der Waals surface area (Å²) in [5.74, 6) is -0.547. The number of nitrogens with two attached hydrogens (primary N) is 1. The van der Waals surface area contributed by atoms with Crippen molar-refractivity contribution in [3.05, 3.63) is 81.5 Å². The lowest BCUT2D eigenvalue weighted by Crippen LogP contribution is -2.32. The average molecular weight is 392 g/mol. The van der Waals surface area contributed by atoms with Gasteiger partial charge in [-0.15, -0.1) is 0 Å². The minimum atomic E-state index is -0.763. The van der Waals surface area contributed by atoms with Crippen LogP contribution in [0.1, 0.15) is 24.0 Å². The molecule has 1 atom stereocenters. The number of fused-ring (bicyclic) bond motifs is 3. The lowest BCUT2D eigenvalue weighted by molar-refractivity contribution is -0.139. The molecule has 0 amide bonds. The van der Waals surface area contributed by atoms with Gasteiger partial charge in [0.1, 0.15) is 17.1 Å². The summed E-state index contributed by atoms with van der Waals surface area (Å²) >= 11 is 0. The van der Waals surface area contributed by atoms with Gasteiger partial charge in [0.25, 0.3) is 5.56 Å². The van der Waals surface area contributed by atoms with E-state index in [1.54, 1.807) is 38.3 Å². The van der Waals surface area contributed by atoms with Gasteiger partial charge < -0.3 is 24.9 Å². The number of carbonyl (C=O) groups is 1. The van der Waals surface area contributed by atoms with E-state index in [1.165, 1.54) is 0 Å². The molecule has 0 radical (unpaired) electrons. The summed E-state index contributed by atoms with van der Waals surface area (Å²) in [4.78, 5) is 28.7. The molecule has 3 aromatic rings. The van der Waals surface area contributed by atoms with E-state index in [0.29, 0.717) is 33.5 Å². The van der Waals surface area contributed by atoms with Gasteiger partial charge in [-0.2, -0.15) is 0 Å². The first kappa shape index (κ1) is 18.6. The van der Waals surface area contributed by atoms with Gasteiger partial charge in [-0.3, -0.25) is 4.79 Å². The molecule has 0 saturated heterocycles. The van der Waals surface area contributed by atoms with Crippen molar-refractivity contribution in [3.8, 4) is 11.5 Å². The van der Waals surface area contributed by atoms with Gasteiger partial charge in [-0.1, -0.05) is 24.3 Å². The van der Waals surface area contributed by atoms with Crippen molar-refractivity contribution in [3.63, 3.8) is 0 Å². The van der Waals surface area contributed by atoms with E-state index >= 15 is 0 Å². The Morgan fingerprint density at radius 2 is 2.00 bits per heavy atom. The van der Waals surface area contributed by atoms with Crippen molar-refractivity contribution in [2.45, 2.75) is 12.8 Å². The molecule has 7 nitrogen and oxygen atoms in total. The molecule has 0 aliphatic carbocycles. The molecule has 2 aromatic carbocycles. The molecule has 3 N–H and O–H groups in total. The number of pyridine rings is 1. The van der Waals surface area contributed by atoms with Crippen LogP contribution in [-0.2, 0) is 9.53 Å². The zero-order valence-corrected chi connectivity index (χ0v) is 16.0. The van der Waals surface area contributed by atoms with Crippen LogP contribution in [0.5, 0.6) is 11.5 Å². The number of para-hydroxylation sites is 1. The molecule has 0 spiro atoms. The molecule has 0 saturated carbocycles. The number of aromatic nitrogens is 1. The summed E-state index contributed by atoms with van der Waals surface area (Å²) in [5, 5.41) is 0.695. The zero-order valence-electron chi connectivity index (χ0n) is 16.0. The Bertz CT molecular complexity index is 1200. The highest BCUT2D eigenvalue weighted by molar-refractivity contribution is 5.95. The Hall–Kier alpha value is -3.74. The Morgan fingerprint density at radius 3 is 2.76 bits per heavy atom. The van der Waals surface area contributed by atoms with Crippen LogP contribution in [0, 0.1) is 0 Å². The van der Waals surface area contributed by atoms with Gasteiger partial charge in [-0.05, 0) is 36.8 Å². The van der Waals surface area contributed by atoms with Crippen molar-refractivity contribution >= 4 is 16.9 Å². The minimum absolute atomic E-state index is 0.0838. The minimum Gasteiger partial charge on any atom is -0.497 e. The van der Waals surface area contributed by atoms with Crippen molar-refractivity contribution in [1.82, 2.24) is 4.98 Å². The third-order valence-electron chi connectivity index (χ3n) is 4.89. The van der Waals surface area contributed by atoms with Crippen molar-refractivity contribution in [2.24, 2.45) is 5.73 Å². The molecular formula is C22H20N2O5. The summed E-state index contributed by atoms with van der Waals surface area (Å²) < 4.78 is 16.3. The molecule has 2 heterocycles. The number of aromatic amines is 1. The molecule has 1 aliphatic heterocycles. The van der Waals surface area contributed by atoms with Crippen LogP contribution in [0.2, 0.25) is 0 Å². The molecule has 29 heavy (non-hydrogen) atoms. The lowest BCUT2D eigenvalue weighted by atomic mass is 9.83. The van der Waals surface area contributed by atoms with Crippen LogP contribution in [0.25, 0.3) is 10.9 Å². The molecule has 1 aliphatic rings. The highest BCUT2D eigenvalue weighted by atomic mass is 16.5. The number of hydrogen-bond acceptors (Lipinski definition) is 6. The van der Waals surface area contributed by atoms with Gasteiger partial charge in [0.15, 0.2) is 0 Å². The second kappa shape index (κ2) is 7.35. The number of methoxy groups -OCH3 is 1. The smallest absolute Gasteiger partial charge is 0.340 e. The van der Waals surface area contributed by atoms with Crippen molar-refractivity contribution < 1.29 is 19.0 Å². The normalized spacial score (nSPS) is 15.6. The largest absolute Gasteiger partial charge is 0.497 e. The van der Waals surface area contributed by atoms with Crippen LogP contribution in [0.3, 0.4) is 0 Å². The standard InChI is InChI=1S/C22H20N2O5/c1-3-28-22(26)18-16(12-7-6-8-13(11-12)27-2)17-19(29-20(18)23)14-9-4-5-10-15(14)24-21(17)25/h4-11,16H,3,23H2,1-2H3,(H,24,25)/t16-/m1/s1. The molecule has 0 fully saturated rings. The fourth-order valence-electron chi connectivity index (χ4n) is 3.63. The number of esters is 1. The summed E-state index contributed by atoms with van der Waals surface area (Å²) in [6.07, 6.45) is 0. The zero-order chi connectivity index (χ0) is 20.5. The van der Waals surface area contributed by atoms with E-state index in [0.717, 1.165) is 0 Å².